The zero-order valence-corrected chi connectivity index (χ0v) is 11.8. The molecule has 1 aliphatic carbocycles. The Labute approximate surface area is 118 Å². The van der Waals surface area contributed by atoms with E-state index >= 15 is 0 Å². The summed E-state index contributed by atoms with van der Waals surface area (Å²) in [6.07, 6.45) is 3.31. The van der Waals surface area contributed by atoms with E-state index in [4.69, 9.17) is 5.11 Å². The van der Waals surface area contributed by atoms with Crippen LogP contribution in [-0.4, -0.2) is 36.4 Å². The van der Waals surface area contributed by atoms with Gasteiger partial charge in [-0.3, -0.25) is 4.79 Å². The first kappa shape index (κ1) is 13.6. The molecule has 1 saturated heterocycles. The third kappa shape index (κ3) is 2.33. The van der Waals surface area contributed by atoms with Crippen LogP contribution in [0.1, 0.15) is 37.2 Å². The van der Waals surface area contributed by atoms with Gasteiger partial charge in [-0.05, 0) is 49.3 Å². The Balaban J connectivity index is 1.88. The van der Waals surface area contributed by atoms with Crippen molar-refractivity contribution < 1.29 is 18.3 Å². The van der Waals surface area contributed by atoms with Gasteiger partial charge in [-0.1, -0.05) is 12.1 Å². The molecule has 1 atom stereocenters. The molecule has 20 heavy (non-hydrogen) atoms. The van der Waals surface area contributed by atoms with Crippen LogP contribution in [0.2, 0.25) is 0 Å². The predicted octanol–water partition coefficient (Wildman–Crippen LogP) is 1.80. The molecule has 1 aromatic carbocycles. The topological polar surface area (TPSA) is 74.7 Å². The molecule has 6 heteroatoms. The third-order valence-electron chi connectivity index (χ3n) is 4.02. The Morgan fingerprint density at radius 3 is 2.35 bits per heavy atom. The SMILES string of the molecule is O=C(O)C1CCCN1S(=O)(=O)c1ccc(C2CC2)cc1. The molecular formula is C14H17NO4S. The molecule has 0 amide bonds. The van der Waals surface area contributed by atoms with Gasteiger partial charge in [-0.2, -0.15) is 4.31 Å². The summed E-state index contributed by atoms with van der Waals surface area (Å²) >= 11 is 0. The van der Waals surface area contributed by atoms with E-state index in [9.17, 15) is 13.2 Å². The number of hydrogen-bond donors (Lipinski definition) is 1. The number of carbonyl (C=O) groups is 1. The van der Waals surface area contributed by atoms with E-state index < -0.39 is 22.0 Å². The van der Waals surface area contributed by atoms with Gasteiger partial charge in [0.2, 0.25) is 10.0 Å². The van der Waals surface area contributed by atoms with Crippen LogP contribution < -0.4 is 0 Å². The molecule has 1 aromatic rings. The lowest BCUT2D eigenvalue weighted by molar-refractivity contribution is -0.140. The Bertz CT molecular complexity index is 619. The monoisotopic (exact) mass is 295 g/mol. The van der Waals surface area contributed by atoms with Crippen molar-refractivity contribution in [1.82, 2.24) is 4.31 Å². The van der Waals surface area contributed by atoms with Crippen LogP contribution in [0.3, 0.4) is 0 Å². The highest BCUT2D eigenvalue weighted by atomic mass is 32.2. The fourth-order valence-corrected chi connectivity index (χ4v) is 4.39. The smallest absolute Gasteiger partial charge is 0.322 e. The van der Waals surface area contributed by atoms with Crippen molar-refractivity contribution in [3.8, 4) is 0 Å². The molecule has 1 saturated carbocycles. The van der Waals surface area contributed by atoms with E-state index in [0.29, 0.717) is 18.8 Å². The van der Waals surface area contributed by atoms with Gasteiger partial charge in [-0.15, -0.1) is 0 Å². The fourth-order valence-electron chi connectivity index (χ4n) is 2.74. The van der Waals surface area contributed by atoms with E-state index in [-0.39, 0.29) is 11.4 Å². The maximum absolute atomic E-state index is 12.5. The average molecular weight is 295 g/mol. The minimum absolute atomic E-state index is 0.190. The lowest BCUT2D eigenvalue weighted by Crippen LogP contribution is -2.40. The molecule has 1 N–H and O–H groups in total. The summed E-state index contributed by atoms with van der Waals surface area (Å²) in [4.78, 5) is 11.3. The maximum atomic E-state index is 12.5. The first-order valence-corrected chi connectivity index (χ1v) is 8.29. The molecule has 1 unspecified atom stereocenters. The van der Waals surface area contributed by atoms with Gasteiger partial charge < -0.3 is 5.11 Å². The lowest BCUT2D eigenvalue weighted by atomic mass is 10.1. The van der Waals surface area contributed by atoms with Crippen LogP contribution in [-0.2, 0) is 14.8 Å². The van der Waals surface area contributed by atoms with Crippen LogP contribution in [0, 0.1) is 0 Å². The largest absolute Gasteiger partial charge is 0.480 e. The van der Waals surface area contributed by atoms with Crippen LogP contribution in [0.5, 0.6) is 0 Å². The molecule has 2 fully saturated rings. The van der Waals surface area contributed by atoms with Gasteiger partial charge in [0.15, 0.2) is 0 Å². The Hall–Kier alpha value is -1.40. The van der Waals surface area contributed by atoms with E-state index in [1.54, 1.807) is 12.1 Å². The summed E-state index contributed by atoms with van der Waals surface area (Å²) in [5.74, 6) is -0.494. The van der Waals surface area contributed by atoms with E-state index in [1.807, 2.05) is 12.1 Å². The molecule has 108 valence electrons. The second kappa shape index (κ2) is 4.86. The first-order chi connectivity index (χ1) is 9.50. The zero-order chi connectivity index (χ0) is 14.3. The Morgan fingerprint density at radius 1 is 1.15 bits per heavy atom. The summed E-state index contributed by atoms with van der Waals surface area (Å²) in [7, 11) is -3.70. The van der Waals surface area contributed by atoms with E-state index in [1.165, 1.54) is 18.4 Å². The number of hydrogen-bond acceptors (Lipinski definition) is 3. The summed E-state index contributed by atoms with van der Waals surface area (Å²) in [6, 6.07) is 5.95. The molecule has 0 spiro atoms. The standard InChI is InChI=1S/C14H17NO4S/c16-14(17)13-2-1-9-15(13)20(18,19)12-7-5-11(6-8-12)10-3-4-10/h5-8,10,13H,1-4,9H2,(H,16,17). The van der Waals surface area contributed by atoms with Gasteiger partial charge in [-0.25, -0.2) is 8.42 Å². The minimum atomic E-state index is -3.70. The average Bonchev–Trinajstić information content (AvgIpc) is 3.14. The molecule has 0 radical (unpaired) electrons. The molecular weight excluding hydrogens is 278 g/mol. The molecule has 1 heterocycles. The van der Waals surface area contributed by atoms with Crippen LogP contribution in [0.15, 0.2) is 29.2 Å². The number of sulfonamides is 1. The zero-order valence-electron chi connectivity index (χ0n) is 11.0. The highest BCUT2D eigenvalue weighted by Gasteiger charge is 2.39. The van der Waals surface area contributed by atoms with Crippen molar-refractivity contribution in [3.05, 3.63) is 29.8 Å². The lowest BCUT2D eigenvalue weighted by Gasteiger charge is -2.21. The predicted molar refractivity (Wildman–Crippen MR) is 73.0 cm³/mol. The third-order valence-corrected chi connectivity index (χ3v) is 5.95. The number of nitrogens with zero attached hydrogens (tertiary/aromatic N) is 1. The summed E-state index contributed by atoms with van der Waals surface area (Å²) < 4.78 is 26.1. The molecule has 0 aromatic heterocycles. The summed E-state index contributed by atoms with van der Waals surface area (Å²) in [6.45, 7) is 0.281. The minimum Gasteiger partial charge on any atom is -0.480 e. The molecule has 2 aliphatic rings. The highest BCUT2D eigenvalue weighted by Crippen LogP contribution is 2.40. The Morgan fingerprint density at radius 2 is 1.80 bits per heavy atom. The molecule has 0 bridgehead atoms. The quantitative estimate of drug-likeness (QED) is 0.919. The molecule has 3 rings (SSSR count). The summed E-state index contributed by atoms with van der Waals surface area (Å²) in [5.41, 5.74) is 1.17. The van der Waals surface area contributed by atoms with Crippen molar-refractivity contribution in [2.24, 2.45) is 0 Å². The Kier molecular flexibility index (Phi) is 3.30. The van der Waals surface area contributed by atoms with Gasteiger partial charge in [0.25, 0.3) is 0 Å². The second-order valence-corrected chi connectivity index (χ2v) is 7.35. The molecule has 1 aliphatic heterocycles. The number of carboxylic acids is 1. The van der Waals surface area contributed by atoms with E-state index in [0.717, 1.165) is 4.31 Å². The van der Waals surface area contributed by atoms with Crippen LogP contribution in [0.4, 0.5) is 0 Å². The van der Waals surface area contributed by atoms with Crippen molar-refractivity contribution >= 4 is 16.0 Å². The number of carboxylic acid groups (broad SMARTS) is 1. The first-order valence-electron chi connectivity index (χ1n) is 6.85. The normalized spacial score (nSPS) is 23.9. The van der Waals surface area contributed by atoms with Gasteiger partial charge in [0.1, 0.15) is 6.04 Å². The summed E-state index contributed by atoms with van der Waals surface area (Å²) in [5, 5.41) is 9.11. The van der Waals surface area contributed by atoms with Crippen molar-refractivity contribution in [2.45, 2.75) is 42.5 Å². The number of benzene rings is 1. The number of aliphatic carboxylic acids is 1. The second-order valence-electron chi connectivity index (χ2n) is 5.46. The van der Waals surface area contributed by atoms with Gasteiger partial charge >= 0.3 is 5.97 Å². The van der Waals surface area contributed by atoms with Gasteiger partial charge in [0.05, 0.1) is 4.90 Å². The molecule has 5 nitrogen and oxygen atoms in total. The van der Waals surface area contributed by atoms with Crippen molar-refractivity contribution in [2.75, 3.05) is 6.54 Å². The van der Waals surface area contributed by atoms with E-state index in [2.05, 4.69) is 0 Å². The fraction of sp³-hybridized carbons (Fsp3) is 0.500. The van der Waals surface area contributed by atoms with Crippen LogP contribution in [0.25, 0.3) is 0 Å². The maximum Gasteiger partial charge on any atom is 0.322 e. The van der Waals surface area contributed by atoms with Gasteiger partial charge in [0, 0.05) is 6.54 Å². The van der Waals surface area contributed by atoms with Crippen molar-refractivity contribution in [1.29, 1.82) is 0 Å². The number of rotatable bonds is 4. The highest BCUT2D eigenvalue weighted by molar-refractivity contribution is 7.89. The van der Waals surface area contributed by atoms with Crippen LogP contribution >= 0.6 is 0 Å². The van der Waals surface area contributed by atoms with Crippen molar-refractivity contribution in [3.63, 3.8) is 0 Å².